The second-order valence-electron chi connectivity index (χ2n) is 5.89. The number of benzene rings is 1. The lowest BCUT2D eigenvalue weighted by Crippen LogP contribution is -2.32. The number of alkyl halides is 3. The molecular formula is C17H18F3N3O. The normalized spacial score (nSPS) is 19.5. The van der Waals surface area contributed by atoms with Crippen LogP contribution in [-0.4, -0.2) is 27.7 Å². The summed E-state index contributed by atoms with van der Waals surface area (Å²) < 4.78 is 38.5. The Morgan fingerprint density at radius 3 is 2.67 bits per heavy atom. The molecule has 0 spiro atoms. The molecular weight excluding hydrogens is 319 g/mol. The van der Waals surface area contributed by atoms with Crippen molar-refractivity contribution < 1.29 is 18.3 Å². The van der Waals surface area contributed by atoms with Crippen molar-refractivity contribution in [3.63, 3.8) is 0 Å². The molecule has 0 bridgehead atoms. The minimum atomic E-state index is -4.49. The molecule has 1 aliphatic heterocycles. The number of aliphatic hydroxyl groups is 1. The first-order valence-corrected chi connectivity index (χ1v) is 7.85. The lowest BCUT2D eigenvalue weighted by atomic mass is 10.0. The van der Waals surface area contributed by atoms with Gasteiger partial charge in [0.15, 0.2) is 0 Å². The maximum atomic E-state index is 12.8. The molecule has 1 aliphatic rings. The van der Waals surface area contributed by atoms with Gasteiger partial charge in [-0.15, -0.1) is 0 Å². The van der Waals surface area contributed by atoms with Gasteiger partial charge in [-0.2, -0.15) is 13.2 Å². The quantitative estimate of drug-likeness (QED) is 0.926. The number of hydrogen-bond donors (Lipinski definition) is 1. The summed E-state index contributed by atoms with van der Waals surface area (Å²) in [5.74, 6) is 0.0765. The summed E-state index contributed by atoms with van der Waals surface area (Å²) in [6.45, 7) is 0.591. The van der Waals surface area contributed by atoms with Crippen LogP contribution in [0.3, 0.4) is 0 Å². The van der Waals surface area contributed by atoms with E-state index in [0.29, 0.717) is 13.0 Å². The molecule has 0 amide bonds. The molecule has 0 aliphatic carbocycles. The minimum absolute atomic E-state index is 0.0765. The van der Waals surface area contributed by atoms with Gasteiger partial charge in [-0.05, 0) is 30.9 Å². The summed E-state index contributed by atoms with van der Waals surface area (Å²) >= 11 is 0. The number of hydrogen-bond acceptors (Lipinski definition) is 4. The third kappa shape index (κ3) is 3.67. The maximum absolute atomic E-state index is 12.8. The van der Waals surface area contributed by atoms with E-state index in [-0.39, 0.29) is 12.0 Å². The Morgan fingerprint density at radius 1 is 1.21 bits per heavy atom. The SMILES string of the molecule is O[C@@H](C[C@@H]1CCCN1c1nccc(C(F)(F)F)n1)c1ccccc1. The van der Waals surface area contributed by atoms with Crippen LogP contribution in [0.2, 0.25) is 0 Å². The highest BCUT2D eigenvalue weighted by atomic mass is 19.4. The van der Waals surface area contributed by atoms with Crippen molar-refractivity contribution in [2.75, 3.05) is 11.4 Å². The summed E-state index contributed by atoms with van der Waals surface area (Å²) in [6.07, 6.45) is -1.95. The van der Waals surface area contributed by atoms with E-state index in [1.807, 2.05) is 30.3 Å². The molecule has 128 valence electrons. The van der Waals surface area contributed by atoms with Crippen LogP contribution in [0.1, 0.15) is 36.6 Å². The number of aromatic nitrogens is 2. The first-order chi connectivity index (χ1) is 11.4. The Bertz CT molecular complexity index is 678. The van der Waals surface area contributed by atoms with Gasteiger partial charge in [0.1, 0.15) is 5.69 Å². The minimum Gasteiger partial charge on any atom is -0.388 e. The smallest absolute Gasteiger partial charge is 0.388 e. The molecule has 0 unspecified atom stereocenters. The Balaban J connectivity index is 1.76. The van der Waals surface area contributed by atoms with Crippen LogP contribution in [0, 0.1) is 0 Å². The molecule has 4 nitrogen and oxygen atoms in total. The van der Waals surface area contributed by atoms with Crippen molar-refractivity contribution in [3.8, 4) is 0 Å². The fourth-order valence-corrected chi connectivity index (χ4v) is 3.06. The first-order valence-electron chi connectivity index (χ1n) is 7.85. The van der Waals surface area contributed by atoms with Crippen LogP contribution in [0.5, 0.6) is 0 Å². The van der Waals surface area contributed by atoms with Gasteiger partial charge in [-0.25, -0.2) is 9.97 Å². The zero-order chi connectivity index (χ0) is 17.2. The summed E-state index contributed by atoms with van der Waals surface area (Å²) in [5, 5.41) is 10.4. The third-order valence-corrected chi connectivity index (χ3v) is 4.25. The molecule has 2 atom stereocenters. The first kappa shape index (κ1) is 16.7. The zero-order valence-electron chi connectivity index (χ0n) is 12.9. The summed E-state index contributed by atoms with van der Waals surface area (Å²) in [5.41, 5.74) is -0.143. The third-order valence-electron chi connectivity index (χ3n) is 4.25. The summed E-state index contributed by atoms with van der Waals surface area (Å²) in [7, 11) is 0. The maximum Gasteiger partial charge on any atom is 0.433 e. The van der Waals surface area contributed by atoms with Gasteiger partial charge >= 0.3 is 6.18 Å². The van der Waals surface area contributed by atoms with Crippen LogP contribution < -0.4 is 4.90 Å². The number of halogens is 3. The molecule has 1 aromatic carbocycles. The van der Waals surface area contributed by atoms with Gasteiger partial charge in [-0.3, -0.25) is 0 Å². The van der Waals surface area contributed by atoms with Crippen LogP contribution in [0.15, 0.2) is 42.6 Å². The second kappa shape index (κ2) is 6.76. The largest absolute Gasteiger partial charge is 0.433 e. The van der Waals surface area contributed by atoms with E-state index in [1.54, 1.807) is 4.90 Å². The highest BCUT2D eigenvalue weighted by Crippen LogP contribution is 2.32. The Labute approximate surface area is 138 Å². The molecule has 24 heavy (non-hydrogen) atoms. The van der Waals surface area contributed by atoms with Gasteiger partial charge in [0.05, 0.1) is 6.10 Å². The molecule has 1 fully saturated rings. The van der Waals surface area contributed by atoms with Crippen molar-refractivity contribution in [2.45, 2.75) is 37.6 Å². The van der Waals surface area contributed by atoms with Gasteiger partial charge in [0.2, 0.25) is 5.95 Å². The van der Waals surface area contributed by atoms with E-state index in [9.17, 15) is 18.3 Å². The molecule has 0 radical (unpaired) electrons. The molecule has 2 aromatic rings. The average Bonchev–Trinajstić information content (AvgIpc) is 3.03. The summed E-state index contributed by atoms with van der Waals surface area (Å²) in [6, 6.07) is 10.0. The number of nitrogens with zero attached hydrogens (tertiary/aromatic N) is 3. The molecule has 1 saturated heterocycles. The van der Waals surface area contributed by atoms with E-state index < -0.39 is 18.0 Å². The van der Waals surface area contributed by atoms with Gasteiger partial charge in [0.25, 0.3) is 0 Å². The second-order valence-corrected chi connectivity index (χ2v) is 5.89. The van der Waals surface area contributed by atoms with Crippen molar-refractivity contribution in [3.05, 3.63) is 53.9 Å². The molecule has 7 heteroatoms. The van der Waals surface area contributed by atoms with Crippen LogP contribution >= 0.6 is 0 Å². The molecule has 1 N–H and O–H groups in total. The van der Waals surface area contributed by atoms with Gasteiger partial charge in [-0.1, -0.05) is 30.3 Å². The number of aliphatic hydroxyl groups excluding tert-OH is 1. The van der Waals surface area contributed by atoms with E-state index in [0.717, 1.165) is 30.7 Å². The van der Waals surface area contributed by atoms with Crippen molar-refractivity contribution in [1.82, 2.24) is 9.97 Å². The Morgan fingerprint density at radius 2 is 1.96 bits per heavy atom. The highest BCUT2D eigenvalue weighted by Gasteiger charge is 2.35. The van der Waals surface area contributed by atoms with Crippen LogP contribution in [0.4, 0.5) is 19.1 Å². The van der Waals surface area contributed by atoms with Crippen molar-refractivity contribution in [2.24, 2.45) is 0 Å². The van der Waals surface area contributed by atoms with E-state index in [2.05, 4.69) is 9.97 Å². The van der Waals surface area contributed by atoms with E-state index in [1.165, 1.54) is 0 Å². The fourth-order valence-electron chi connectivity index (χ4n) is 3.06. The topological polar surface area (TPSA) is 49.2 Å². The van der Waals surface area contributed by atoms with E-state index >= 15 is 0 Å². The van der Waals surface area contributed by atoms with Gasteiger partial charge in [0, 0.05) is 18.8 Å². The van der Waals surface area contributed by atoms with Crippen molar-refractivity contribution in [1.29, 1.82) is 0 Å². The predicted molar refractivity (Wildman–Crippen MR) is 83.4 cm³/mol. The number of rotatable bonds is 4. The molecule has 0 saturated carbocycles. The predicted octanol–water partition coefficient (Wildman–Crippen LogP) is 3.59. The fraction of sp³-hybridized carbons (Fsp3) is 0.412. The van der Waals surface area contributed by atoms with Crippen molar-refractivity contribution >= 4 is 5.95 Å². The summed E-state index contributed by atoms with van der Waals surface area (Å²) in [4.78, 5) is 9.43. The average molecular weight is 337 g/mol. The zero-order valence-corrected chi connectivity index (χ0v) is 12.9. The molecule has 3 rings (SSSR count). The standard InChI is InChI=1S/C17H18F3N3O/c18-17(19,20)15-8-9-21-16(22-15)23-10-4-7-13(23)11-14(24)12-5-2-1-3-6-12/h1-3,5-6,8-9,13-14,24H,4,7,10-11H2/t13-,14-/m0/s1. The lowest BCUT2D eigenvalue weighted by Gasteiger charge is -2.27. The molecule has 2 heterocycles. The highest BCUT2D eigenvalue weighted by molar-refractivity contribution is 5.34. The van der Waals surface area contributed by atoms with Gasteiger partial charge < -0.3 is 10.0 Å². The Kier molecular flexibility index (Phi) is 4.71. The van der Waals surface area contributed by atoms with Crippen LogP contribution in [0.25, 0.3) is 0 Å². The van der Waals surface area contributed by atoms with E-state index in [4.69, 9.17) is 0 Å². The molecule has 1 aromatic heterocycles. The number of anilines is 1. The monoisotopic (exact) mass is 337 g/mol. The van der Waals surface area contributed by atoms with Crippen LogP contribution in [-0.2, 0) is 6.18 Å². The lowest BCUT2D eigenvalue weighted by molar-refractivity contribution is -0.141. The Hall–Kier alpha value is -2.15.